The highest BCUT2D eigenvalue weighted by Crippen LogP contribution is 2.49. The zero-order chi connectivity index (χ0) is 13.7. The summed E-state index contributed by atoms with van der Waals surface area (Å²) in [4.78, 5) is 19.8. The number of carbonyl (C=O) groups excluding carboxylic acids is 1. The first-order valence-electron chi connectivity index (χ1n) is 6.87. The molecule has 0 spiro atoms. The van der Waals surface area contributed by atoms with Crippen molar-refractivity contribution in [3.05, 3.63) is 0 Å². The van der Waals surface area contributed by atoms with Crippen molar-refractivity contribution < 1.29 is 14.7 Å². The third-order valence-electron chi connectivity index (χ3n) is 4.16. The van der Waals surface area contributed by atoms with Crippen LogP contribution in [0.4, 0.5) is 0 Å². The Hall–Kier alpha value is -0.900. The molecule has 2 fully saturated rings. The number of aliphatic carboxylic acids is 1. The maximum Gasteiger partial charge on any atom is 0.303 e. The van der Waals surface area contributed by atoms with Crippen LogP contribution in [0.3, 0.4) is 0 Å². The third-order valence-corrected chi connectivity index (χ3v) is 4.16. The largest absolute Gasteiger partial charge is 0.481 e. The van der Waals surface area contributed by atoms with Crippen LogP contribution in [0.1, 0.15) is 52.4 Å². The van der Waals surface area contributed by atoms with Crippen LogP contribution in [0.15, 0.2) is 0 Å². The van der Waals surface area contributed by atoms with Crippen LogP contribution in [0.2, 0.25) is 0 Å². The van der Waals surface area contributed by atoms with Gasteiger partial charge in [0, 0.05) is 12.5 Å². The molecule has 0 aromatic rings. The van der Waals surface area contributed by atoms with Gasteiger partial charge in [-0.25, -0.2) is 0 Å². The average Bonchev–Trinajstić information content (AvgIpc) is 2.88. The first-order chi connectivity index (χ1) is 8.40. The van der Waals surface area contributed by atoms with E-state index in [-0.39, 0.29) is 18.6 Å². The monoisotopic (exact) mass is 255 g/mol. The molecule has 3 N–H and O–H groups in total. The van der Waals surface area contributed by atoms with Crippen LogP contribution in [-0.4, -0.2) is 22.9 Å². The second-order valence-corrected chi connectivity index (χ2v) is 5.79. The van der Waals surface area contributed by atoms with E-state index >= 15 is 0 Å². The number of Topliss-reactive ketones (excluding diaryl/α,β-unsaturated/α-hetero) is 1. The number of ketones is 1. The Kier molecular flexibility index (Phi) is 5.79. The zero-order valence-electron chi connectivity index (χ0n) is 11.4. The number of rotatable bonds is 4. The molecule has 0 aromatic heterocycles. The van der Waals surface area contributed by atoms with Gasteiger partial charge in [0.1, 0.15) is 5.78 Å². The van der Waals surface area contributed by atoms with Crippen molar-refractivity contribution in [1.29, 1.82) is 0 Å². The van der Waals surface area contributed by atoms with Crippen LogP contribution in [0.5, 0.6) is 0 Å². The predicted octanol–water partition coefficient (Wildman–Crippen LogP) is 2.21. The standard InChI is InChI=1S/C9H17N.C5H8O3/c1-6(10)9-5-7-2-3-8(9)4-7;1-4(6)2-3-5(7)8/h6-9H,2-5,10H2,1H3;2-3H2,1H3,(H,7,8). The average molecular weight is 255 g/mol. The van der Waals surface area contributed by atoms with E-state index in [1.165, 1.54) is 32.6 Å². The van der Waals surface area contributed by atoms with Gasteiger partial charge in [0.25, 0.3) is 0 Å². The Morgan fingerprint density at radius 2 is 1.94 bits per heavy atom. The van der Waals surface area contributed by atoms with E-state index in [1.807, 2.05) is 0 Å². The highest BCUT2D eigenvalue weighted by atomic mass is 16.4. The SMILES string of the molecule is CC(=O)CCC(=O)O.CC(N)C1CC2CCC1C2. The van der Waals surface area contributed by atoms with Gasteiger partial charge in [-0.05, 0) is 50.9 Å². The molecule has 0 aliphatic heterocycles. The molecule has 18 heavy (non-hydrogen) atoms. The van der Waals surface area contributed by atoms with Crippen molar-refractivity contribution in [3.8, 4) is 0 Å². The van der Waals surface area contributed by atoms with Crippen LogP contribution >= 0.6 is 0 Å². The molecule has 104 valence electrons. The summed E-state index contributed by atoms with van der Waals surface area (Å²) in [5, 5.41) is 8.01. The molecule has 4 nitrogen and oxygen atoms in total. The van der Waals surface area contributed by atoms with Crippen molar-refractivity contribution in [1.82, 2.24) is 0 Å². The van der Waals surface area contributed by atoms with Crippen LogP contribution < -0.4 is 5.73 Å². The molecule has 4 atom stereocenters. The van der Waals surface area contributed by atoms with Gasteiger partial charge in [-0.1, -0.05) is 6.42 Å². The summed E-state index contributed by atoms with van der Waals surface area (Å²) in [6.07, 6.45) is 5.99. The number of carboxylic acids is 1. The maximum atomic E-state index is 10.1. The third kappa shape index (κ3) is 4.77. The summed E-state index contributed by atoms with van der Waals surface area (Å²) in [5.74, 6) is 1.94. The smallest absolute Gasteiger partial charge is 0.303 e. The van der Waals surface area contributed by atoms with Crippen molar-refractivity contribution in [2.45, 2.75) is 58.4 Å². The van der Waals surface area contributed by atoms with Crippen LogP contribution in [-0.2, 0) is 9.59 Å². The number of hydrogen-bond acceptors (Lipinski definition) is 3. The summed E-state index contributed by atoms with van der Waals surface area (Å²) in [7, 11) is 0. The molecule has 4 heteroatoms. The van der Waals surface area contributed by atoms with Crippen molar-refractivity contribution in [3.63, 3.8) is 0 Å². The minimum Gasteiger partial charge on any atom is -0.481 e. The van der Waals surface area contributed by atoms with Gasteiger partial charge in [-0.2, -0.15) is 0 Å². The van der Waals surface area contributed by atoms with Crippen LogP contribution in [0, 0.1) is 17.8 Å². The predicted molar refractivity (Wildman–Crippen MR) is 70.1 cm³/mol. The molecule has 0 aromatic carbocycles. The van der Waals surface area contributed by atoms with E-state index in [4.69, 9.17) is 10.8 Å². The van der Waals surface area contributed by atoms with Crippen molar-refractivity contribution in [2.75, 3.05) is 0 Å². The molecular weight excluding hydrogens is 230 g/mol. The number of carbonyl (C=O) groups is 2. The molecule has 2 bridgehead atoms. The normalized spacial score (nSPS) is 30.5. The minimum absolute atomic E-state index is 0.0463. The van der Waals surface area contributed by atoms with E-state index in [1.54, 1.807) is 0 Å². The van der Waals surface area contributed by atoms with Crippen LogP contribution in [0.25, 0.3) is 0 Å². The molecule has 0 radical (unpaired) electrons. The fraction of sp³-hybridized carbons (Fsp3) is 0.857. The summed E-state index contributed by atoms with van der Waals surface area (Å²) < 4.78 is 0. The molecule has 4 unspecified atom stereocenters. The van der Waals surface area contributed by atoms with Gasteiger partial charge in [0.05, 0.1) is 6.42 Å². The van der Waals surface area contributed by atoms with Gasteiger partial charge < -0.3 is 15.6 Å². The first-order valence-corrected chi connectivity index (χ1v) is 6.87. The Balaban J connectivity index is 0.000000187. The lowest BCUT2D eigenvalue weighted by Gasteiger charge is -2.24. The fourth-order valence-electron chi connectivity index (χ4n) is 3.22. The van der Waals surface area contributed by atoms with E-state index in [2.05, 4.69) is 6.92 Å². The molecule has 2 aliphatic rings. The van der Waals surface area contributed by atoms with Gasteiger partial charge in [0.15, 0.2) is 0 Å². The minimum atomic E-state index is -0.916. The lowest BCUT2D eigenvalue weighted by Crippen LogP contribution is -2.30. The highest BCUT2D eigenvalue weighted by Gasteiger charge is 2.40. The number of nitrogens with two attached hydrogens (primary N) is 1. The first kappa shape index (κ1) is 15.2. The number of fused-ring (bicyclic) bond motifs is 2. The maximum absolute atomic E-state index is 10.1. The molecule has 2 saturated carbocycles. The molecule has 0 amide bonds. The fourth-order valence-corrected chi connectivity index (χ4v) is 3.22. The van der Waals surface area contributed by atoms with Gasteiger partial charge in [0.2, 0.25) is 0 Å². The van der Waals surface area contributed by atoms with Gasteiger partial charge in [-0.3, -0.25) is 4.79 Å². The van der Waals surface area contributed by atoms with E-state index in [9.17, 15) is 9.59 Å². The molecule has 2 rings (SSSR count). The highest BCUT2D eigenvalue weighted by molar-refractivity contribution is 5.80. The second kappa shape index (κ2) is 6.88. The molecule has 0 heterocycles. The summed E-state index contributed by atoms with van der Waals surface area (Å²) >= 11 is 0. The second-order valence-electron chi connectivity index (χ2n) is 5.79. The Bertz CT molecular complexity index is 287. The Morgan fingerprint density at radius 3 is 2.17 bits per heavy atom. The number of carboxylic acid groups (broad SMARTS) is 1. The lowest BCUT2D eigenvalue weighted by molar-refractivity contribution is -0.138. The summed E-state index contributed by atoms with van der Waals surface area (Å²) in [6.45, 7) is 3.55. The quantitative estimate of drug-likeness (QED) is 0.807. The summed E-state index contributed by atoms with van der Waals surface area (Å²) in [6, 6.07) is 0.454. The topological polar surface area (TPSA) is 80.4 Å². The Morgan fingerprint density at radius 1 is 1.28 bits per heavy atom. The van der Waals surface area contributed by atoms with Gasteiger partial charge >= 0.3 is 5.97 Å². The van der Waals surface area contributed by atoms with E-state index < -0.39 is 5.97 Å². The van der Waals surface area contributed by atoms with Gasteiger partial charge in [-0.15, -0.1) is 0 Å². The molecular formula is C14H25NO3. The lowest BCUT2D eigenvalue weighted by atomic mass is 9.84. The number of hydrogen-bond donors (Lipinski definition) is 2. The summed E-state index contributed by atoms with van der Waals surface area (Å²) in [5.41, 5.74) is 5.88. The molecule has 0 saturated heterocycles. The van der Waals surface area contributed by atoms with Crippen molar-refractivity contribution >= 4 is 11.8 Å². The van der Waals surface area contributed by atoms with E-state index in [0.29, 0.717) is 6.04 Å². The molecule has 2 aliphatic carbocycles. The zero-order valence-corrected chi connectivity index (χ0v) is 11.4. The van der Waals surface area contributed by atoms with Crippen molar-refractivity contribution in [2.24, 2.45) is 23.5 Å². The Labute approximate surface area is 109 Å². The van der Waals surface area contributed by atoms with E-state index in [0.717, 1.165) is 17.8 Å².